The lowest BCUT2D eigenvalue weighted by Gasteiger charge is -2.24. The number of hydrogen-bond donors (Lipinski definition) is 1. The van der Waals surface area contributed by atoms with Crippen molar-refractivity contribution in [3.05, 3.63) is 24.0 Å². The van der Waals surface area contributed by atoms with Gasteiger partial charge >= 0.3 is 6.18 Å². The van der Waals surface area contributed by atoms with Gasteiger partial charge in [-0.2, -0.15) is 13.2 Å². The van der Waals surface area contributed by atoms with Gasteiger partial charge in [0.1, 0.15) is 6.04 Å². The fraction of sp³-hybridized carbons (Fsp3) is 0.643. The molecule has 0 spiro atoms. The number of nitrogens with zero attached hydrogens (tertiary/aromatic N) is 1. The lowest BCUT2D eigenvalue weighted by Crippen LogP contribution is -2.33. The van der Waals surface area contributed by atoms with E-state index >= 15 is 0 Å². The minimum absolute atomic E-state index is 0.414. The molecule has 0 bridgehead atoms. The highest BCUT2D eigenvalue weighted by atomic mass is 19.4. The maximum atomic E-state index is 12.4. The Bertz CT molecular complexity index is 396. The van der Waals surface area contributed by atoms with Gasteiger partial charge < -0.3 is 5.32 Å². The lowest BCUT2D eigenvalue weighted by atomic mass is 9.82. The van der Waals surface area contributed by atoms with E-state index in [1.165, 1.54) is 25.5 Å². The summed E-state index contributed by atoms with van der Waals surface area (Å²) in [5, 5.41) is 2.41. The van der Waals surface area contributed by atoms with Crippen molar-refractivity contribution in [2.45, 2.75) is 51.2 Å². The molecule has 1 aliphatic rings. The van der Waals surface area contributed by atoms with E-state index in [0.717, 1.165) is 31.4 Å². The van der Waals surface area contributed by atoms with Gasteiger partial charge in [-0.05, 0) is 37.8 Å². The Balaban J connectivity index is 1.83. The number of halogens is 3. The molecule has 2 rings (SSSR count). The zero-order valence-electron chi connectivity index (χ0n) is 11.0. The Labute approximate surface area is 111 Å². The molecule has 0 saturated heterocycles. The van der Waals surface area contributed by atoms with Crippen LogP contribution >= 0.6 is 0 Å². The Hall–Kier alpha value is -1.26. The zero-order valence-corrected chi connectivity index (χ0v) is 11.0. The van der Waals surface area contributed by atoms with Gasteiger partial charge in [-0.1, -0.05) is 19.3 Å². The van der Waals surface area contributed by atoms with Gasteiger partial charge in [-0.3, -0.25) is 4.98 Å². The van der Waals surface area contributed by atoms with Crippen molar-refractivity contribution in [3.63, 3.8) is 0 Å². The number of aryl methyl sites for hydroxylation is 1. The molecule has 1 saturated carbocycles. The minimum Gasteiger partial charge on any atom is -0.373 e. The average Bonchev–Trinajstić information content (AvgIpc) is 2.28. The highest BCUT2D eigenvalue weighted by molar-refractivity contribution is 5.42. The van der Waals surface area contributed by atoms with Crippen LogP contribution in [0.25, 0.3) is 0 Å². The predicted molar refractivity (Wildman–Crippen MR) is 69.0 cm³/mol. The van der Waals surface area contributed by atoms with E-state index in [9.17, 15) is 13.2 Å². The van der Waals surface area contributed by atoms with Crippen molar-refractivity contribution in [2.75, 3.05) is 5.32 Å². The summed E-state index contributed by atoms with van der Waals surface area (Å²) < 4.78 is 37.2. The third-order valence-corrected chi connectivity index (χ3v) is 3.73. The van der Waals surface area contributed by atoms with Crippen LogP contribution in [0.5, 0.6) is 0 Å². The number of rotatable bonds is 5. The minimum atomic E-state index is -4.23. The molecule has 2 nitrogen and oxygen atoms in total. The Morgan fingerprint density at radius 1 is 1.37 bits per heavy atom. The standard InChI is InChI=1S/C14H19F3N2/c1-10(14(15,16)17)19-13-8-7-12(18-9-13)6-5-11-3-2-4-11/h7-11,19H,2-6H2,1H3. The summed E-state index contributed by atoms with van der Waals surface area (Å²) in [6.07, 6.45) is 3.25. The highest BCUT2D eigenvalue weighted by Crippen LogP contribution is 2.30. The first-order valence-electron chi connectivity index (χ1n) is 6.73. The van der Waals surface area contributed by atoms with Gasteiger partial charge in [-0.25, -0.2) is 0 Å². The summed E-state index contributed by atoms with van der Waals surface area (Å²) in [7, 11) is 0. The third kappa shape index (κ3) is 4.11. The number of alkyl halides is 3. The topological polar surface area (TPSA) is 24.9 Å². The first-order valence-corrected chi connectivity index (χ1v) is 6.73. The van der Waals surface area contributed by atoms with Crippen molar-refractivity contribution in [3.8, 4) is 0 Å². The summed E-state index contributed by atoms with van der Waals surface area (Å²) in [5.41, 5.74) is 1.37. The molecule has 106 valence electrons. The first-order chi connectivity index (χ1) is 8.95. The highest BCUT2D eigenvalue weighted by Gasteiger charge is 2.35. The number of pyridine rings is 1. The van der Waals surface area contributed by atoms with E-state index in [0.29, 0.717) is 5.69 Å². The molecular weight excluding hydrogens is 253 g/mol. The van der Waals surface area contributed by atoms with Gasteiger partial charge in [0.05, 0.1) is 11.9 Å². The molecular formula is C14H19F3N2. The van der Waals surface area contributed by atoms with Gasteiger partial charge in [0.25, 0.3) is 0 Å². The summed E-state index contributed by atoms with van der Waals surface area (Å²) in [4.78, 5) is 4.21. The normalized spacial score (nSPS) is 17.9. The van der Waals surface area contributed by atoms with Crippen molar-refractivity contribution >= 4 is 5.69 Å². The van der Waals surface area contributed by atoms with E-state index < -0.39 is 12.2 Å². The molecule has 1 heterocycles. The zero-order chi connectivity index (χ0) is 13.9. The van der Waals surface area contributed by atoms with Crippen molar-refractivity contribution in [2.24, 2.45) is 5.92 Å². The number of aromatic nitrogens is 1. The van der Waals surface area contributed by atoms with Crippen molar-refractivity contribution < 1.29 is 13.2 Å². The van der Waals surface area contributed by atoms with E-state index in [-0.39, 0.29) is 0 Å². The molecule has 0 amide bonds. The van der Waals surface area contributed by atoms with Crippen molar-refractivity contribution in [1.82, 2.24) is 4.98 Å². The largest absolute Gasteiger partial charge is 0.408 e. The van der Waals surface area contributed by atoms with Gasteiger partial charge in [0.15, 0.2) is 0 Å². The molecule has 1 aromatic rings. The second-order valence-corrected chi connectivity index (χ2v) is 5.28. The van der Waals surface area contributed by atoms with E-state index in [4.69, 9.17) is 0 Å². The SMILES string of the molecule is CC(Nc1ccc(CCC2CCC2)nc1)C(F)(F)F. The monoisotopic (exact) mass is 272 g/mol. The number of hydrogen-bond acceptors (Lipinski definition) is 2. The maximum Gasteiger partial charge on any atom is 0.408 e. The second-order valence-electron chi connectivity index (χ2n) is 5.28. The molecule has 1 unspecified atom stereocenters. The van der Waals surface area contributed by atoms with E-state index in [2.05, 4.69) is 10.3 Å². The van der Waals surface area contributed by atoms with Crippen LogP contribution in [0.15, 0.2) is 18.3 Å². The molecule has 19 heavy (non-hydrogen) atoms. The molecule has 1 atom stereocenters. The van der Waals surface area contributed by atoms with Crippen LogP contribution in [0.3, 0.4) is 0 Å². The molecule has 0 radical (unpaired) electrons. The molecule has 1 N–H and O–H groups in total. The molecule has 1 aromatic heterocycles. The maximum absolute atomic E-state index is 12.4. The smallest absolute Gasteiger partial charge is 0.373 e. The first kappa shape index (κ1) is 14.2. The second kappa shape index (κ2) is 5.80. The van der Waals surface area contributed by atoms with Crippen LogP contribution in [-0.2, 0) is 6.42 Å². The molecule has 5 heteroatoms. The van der Waals surface area contributed by atoms with Gasteiger partial charge in [0.2, 0.25) is 0 Å². The summed E-state index contributed by atoms with van der Waals surface area (Å²) in [5.74, 6) is 0.824. The molecule has 0 aliphatic heterocycles. The Morgan fingerprint density at radius 2 is 2.11 bits per heavy atom. The van der Waals surface area contributed by atoms with Crippen LogP contribution in [0.4, 0.5) is 18.9 Å². The quantitative estimate of drug-likeness (QED) is 0.870. The van der Waals surface area contributed by atoms with Gasteiger partial charge in [-0.15, -0.1) is 0 Å². The van der Waals surface area contributed by atoms with E-state index in [1.807, 2.05) is 6.07 Å². The van der Waals surface area contributed by atoms with Crippen LogP contribution in [-0.4, -0.2) is 17.2 Å². The van der Waals surface area contributed by atoms with Gasteiger partial charge in [0, 0.05) is 5.69 Å². The Kier molecular flexibility index (Phi) is 4.32. The average molecular weight is 272 g/mol. The lowest BCUT2D eigenvalue weighted by molar-refractivity contribution is -0.138. The number of nitrogens with one attached hydrogen (secondary N) is 1. The molecule has 1 aliphatic carbocycles. The number of anilines is 1. The van der Waals surface area contributed by atoms with Crippen molar-refractivity contribution in [1.29, 1.82) is 0 Å². The molecule has 1 fully saturated rings. The van der Waals surface area contributed by atoms with Crippen LogP contribution in [0.2, 0.25) is 0 Å². The predicted octanol–water partition coefficient (Wildman–Crippen LogP) is 4.18. The Morgan fingerprint density at radius 3 is 2.58 bits per heavy atom. The van der Waals surface area contributed by atoms with Crippen LogP contribution in [0.1, 0.15) is 38.3 Å². The fourth-order valence-corrected chi connectivity index (χ4v) is 2.12. The third-order valence-electron chi connectivity index (χ3n) is 3.73. The summed E-state index contributed by atoms with van der Waals surface area (Å²) in [6.45, 7) is 1.10. The molecule has 0 aromatic carbocycles. The van der Waals surface area contributed by atoms with Crippen LogP contribution in [0, 0.1) is 5.92 Å². The van der Waals surface area contributed by atoms with Crippen LogP contribution < -0.4 is 5.32 Å². The summed E-state index contributed by atoms with van der Waals surface area (Å²) >= 11 is 0. The fourth-order valence-electron chi connectivity index (χ4n) is 2.12. The summed E-state index contributed by atoms with van der Waals surface area (Å²) in [6, 6.07) is 1.92. The van der Waals surface area contributed by atoms with E-state index in [1.54, 1.807) is 6.07 Å².